The monoisotopic (exact) mass is 1600 g/mol. The molecule has 4 aromatic heterocycles. The van der Waals surface area contributed by atoms with Crippen LogP contribution in [0.2, 0.25) is 0 Å². The fourth-order valence-electron chi connectivity index (χ4n) is 9.84. The van der Waals surface area contributed by atoms with Crippen LogP contribution in [0.4, 0.5) is 30.2 Å². The number of allylic oxidation sites excluding steroid dienone is 2. The maximum Gasteiger partial charge on any atom is 0.381 e. The summed E-state index contributed by atoms with van der Waals surface area (Å²) in [5, 5.41) is 30.4. The smallest absolute Gasteiger partial charge is 0.381 e. The molecule has 7 aromatic carbocycles. The molecule has 1 radical (unpaired) electrons. The van der Waals surface area contributed by atoms with Crippen LogP contribution in [0.5, 0.6) is 11.5 Å². The van der Waals surface area contributed by atoms with E-state index in [0.29, 0.717) is 33.8 Å². The van der Waals surface area contributed by atoms with Crippen molar-refractivity contribution in [2.75, 3.05) is 4.90 Å². The Morgan fingerprint density at radius 1 is 0.522 bits per heavy atom. The number of rotatable bonds is 8. The number of alkyl halides is 3. The molecule has 9 nitrogen and oxygen atoms in total. The molecule has 0 amide bonds. The van der Waals surface area contributed by atoms with Crippen LogP contribution in [0.25, 0.3) is 67.3 Å². The number of aromatic hydroxyl groups is 2. The van der Waals surface area contributed by atoms with Gasteiger partial charge in [0.15, 0.2) is 18.5 Å². The number of benzene rings is 7. The number of nitrogens with zero attached hydrogens (tertiary/aromatic N) is 5. The molecule has 0 unspecified atom stereocenters. The van der Waals surface area contributed by atoms with Crippen molar-refractivity contribution in [3.05, 3.63) is 271 Å². The molecule has 5 heterocycles. The van der Waals surface area contributed by atoms with Crippen molar-refractivity contribution in [3.63, 3.8) is 0 Å². The van der Waals surface area contributed by atoms with Crippen LogP contribution < -0.4 is 9.47 Å². The standard InChI is InChI=1S/C30H32N2O2.C24H19N2.C16H9F3N.C5H8O2.3CH4.Ir.Pt/c1-29(2,3)19-15-23(21-11-7-9-13-27(21)33)31-25(17-19)26-18-20(30(4,5)6)16-24(32-26)22-12-8-10-14-28(22)34;1-3-10-20(11-4-1)26(21-12-5-2-6-13-21)22-15-16-25-18-19-9-7-8-14-23(19)24(25)17-22;17-16(18,19)13-8-5-12(6-9-13)15-10-7-11-3-1-2-4-14(11)20-15;1-4(6)3-5(2)7;;;;;/h7-18,33-34H,1-6H3;1-17H,18H2;1-5,7-10H;3,6H,1-2H3;3*1H4;;/q;+1;-1;;;;;;. The van der Waals surface area contributed by atoms with Gasteiger partial charge in [-0.1, -0.05) is 173 Å². The van der Waals surface area contributed by atoms with Crippen molar-refractivity contribution in [2.24, 2.45) is 0 Å². The van der Waals surface area contributed by atoms with E-state index in [-0.39, 0.29) is 97.3 Å². The second-order valence-electron chi connectivity index (χ2n) is 23.1. The zero-order valence-corrected chi connectivity index (χ0v) is 55.2. The van der Waals surface area contributed by atoms with Gasteiger partial charge < -0.3 is 20.2 Å². The number of pyridine rings is 4. The Bertz CT molecular complexity index is 4100. The molecule has 3 N–H and O–H groups in total. The summed E-state index contributed by atoms with van der Waals surface area (Å²) in [5.41, 5.74) is 14.9. The predicted molar refractivity (Wildman–Crippen MR) is 363 cm³/mol. The number of phenolic OH excluding ortho intramolecular Hbond substituents is 2. The Balaban J connectivity index is 0.000000279. The van der Waals surface area contributed by atoms with Crippen LogP contribution in [0.3, 0.4) is 0 Å². The van der Waals surface area contributed by atoms with Crippen LogP contribution in [-0.2, 0) is 69.5 Å². The fourth-order valence-corrected chi connectivity index (χ4v) is 9.84. The van der Waals surface area contributed by atoms with E-state index in [2.05, 4.69) is 177 Å². The average molecular weight is 1600 g/mol. The first-order valence-electron chi connectivity index (χ1n) is 28.5. The van der Waals surface area contributed by atoms with Crippen molar-refractivity contribution in [1.82, 2.24) is 15.0 Å². The minimum atomic E-state index is -4.34. The Kier molecular flexibility index (Phi) is 27.1. The summed E-state index contributed by atoms with van der Waals surface area (Å²) in [6, 6.07) is 74.3. The number of aliphatic hydroxyl groups is 1. The quantitative estimate of drug-likeness (QED) is 0.0595. The number of hydrogen-bond donors (Lipinski definition) is 3. The number of fused-ring (bicyclic) bond motifs is 4. The number of halogens is 3. The predicted octanol–water partition coefficient (Wildman–Crippen LogP) is 20.6. The molecule has 0 atom stereocenters. The summed E-state index contributed by atoms with van der Waals surface area (Å²) < 4.78 is 39.8. The number of carbonyl (C=O) groups excluding carboxylic acids is 1. The summed E-state index contributed by atoms with van der Waals surface area (Å²) in [6.07, 6.45) is -0.977. The summed E-state index contributed by atoms with van der Waals surface area (Å²) in [7, 11) is 0. The third-order valence-corrected chi connectivity index (χ3v) is 14.4. The van der Waals surface area contributed by atoms with Gasteiger partial charge in [0.1, 0.15) is 11.5 Å². The van der Waals surface area contributed by atoms with Gasteiger partial charge in [-0.2, -0.15) is 17.7 Å². The molecule has 0 spiro atoms. The molecule has 12 rings (SSSR count). The molecule has 0 saturated heterocycles. The maximum absolute atomic E-state index is 12.5. The van der Waals surface area contributed by atoms with E-state index in [0.717, 1.165) is 63.5 Å². The van der Waals surface area contributed by atoms with Crippen molar-refractivity contribution >= 4 is 33.7 Å². The minimum absolute atomic E-state index is 0. The SMILES string of the molecule is C.C.C.CC(=O)C=C(C)O.CC(C)(C)c1cc(-c2cc(C(C)(C)C)cc(-c3ccccc3O)n2)nc(-c2ccccc2O)c1.FC(F)(F)c1c[c-]c(-c2ccc3ccccc3n2)cc1.[Ir].[Pt].c1ccc(N(c2ccccc2)c2cc[n+]3c(c2)-c2ccccc2C3)cc1. The summed E-state index contributed by atoms with van der Waals surface area (Å²) in [6.45, 7) is 16.8. The first-order valence-corrected chi connectivity index (χ1v) is 28.5. The minimum Gasteiger partial charge on any atom is -0.512 e. The van der Waals surface area contributed by atoms with Crippen molar-refractivity contribution < 1.29 is 79.0 Å². The second kappa shape index (κ2) is 32.9. The van der Waals surface area contributed by atoms with E-state index in [1.165, 1.54) is 48.5 Å². The first-order chi connectivity index (χ1) is 41.5. The van der Waals surface area contributed by atoms with E-state index in [1.807, 2.05) is 66.7 Å². The zero-order valence-electron chi connectivity index (χ0n) is 50.5. The Morgan fingerprint density at radius 3 is 1.45 bits per heavy atom. The normalized spacial score (nSPS) is 11.2. The van der Waals surface area contributed by atoms with Crippen molar-refractivity contribution in [1.29, 1.82) is 0 Å². The first kappa shape index (κ1) is 75.6. The topological polar surface area (TPSA) is 124 Å². The summed E-state index contributed by atoms with van der Waals surface area (Å²) >= 11 is 0. The molecule has 11 aromatic rings. The Hall–Kier alpha value is -8.86. The van der Waals surface area contributed by atoms with Gasteiger partial charge in [0, 0.05) is 87.4 Å². The molecular formula is C78H80F3IrN5O4Pt. The van der Waals surface area contributed by atoms with E-state index in [1.54, 1.807) is 30.3 Å². The largest absolute Gasteiger partial charge is 0.512 e. The second-order valence-corrected chi connectivity index (χ2v) is 23.1. The molecule has 14 heteroatoms. The van der Waals surface area contributed by atoms with Crippen LogP contribution in [-0.4, -0.2) is 36.1 Å². The molecule has 0 bridgehead atoms. The van der Waals surface area contributed by atoms with Crippen molar-refractivity contribution in [3.8, 4) is 67.9 Å². The molecule has 92 heavy (non-hydrogen) atoms. The van der Waals surface area contributed by atoms with Crippen LogP contribution >= 0.6 is 0 Å². The third-order valence-electron chi connectivity index (χ3n) is 14.4. The Labute approximate surface area is 568 Å². The zero-order chi connectivity index (χ0) is 62.0. The number of para-hydroxylation sites is 5. The van der Waals surface area contributed by atoms with Gasteiger partial charge in [0.05, 0.1) is 45.3 Å². The molecule has 0 fully saturated rings. The molecular weight excluding hydrogens is 1520 g/mol. The number of aromatic nitrogens is 4. The third kappa shape index (κ3) is 19.1. The van der Waals surface area contributed by atoms with Crippen LogP contribution in [0, 0.1) is 6.07 Å². The van der Waals surface area contributed by atoms with Gasteiger partial charge in [-0.25, -0.2) is 9.97 Å². The number of phenols is 2. The van der Waals surface area contributed by atoms with Gasteiger partial charge in [0.25, 0.3) is 0 Å². The van der Waals surface area contributed by atoms with E-state index in [4.69, 9.17) is 15.1 Å². The van der Waals surface area contributed by atoms with Crippen molar-refractivity contribution in [2.45, 2.75) is 101 Å². The molecule has 0 aliphatic carbocycles. The fraction of sp³-hybridized carbons (Fsp3) is 0.192. The summed E-state index contributed by atoms with van der Waals surface area (Å²) in [4.78, 5) is 26.6. The summed E-state index contributed by atoms with van der Waals surface area (Å²) in [5.74, 6) is 0.323. The molecule has 1 aliphatic rings. The van der Waals surface area contributed by atoms with Crippen LogP contribution in [0.1, 0.15) is 99.9 Å². The van der Waals surface area contributed by atoms with Gasteiger partial charge >= 0.3 is 6.18 Å². The number of carbonyl (C=O) groups is 1. The molecule has 0 saturated carbocycles. The average Bonchev–Trinajstić information content (AvgIpc) is 1.39. The van der Waals surface area contributed by atoms with Crippen LogP contribution in [0.15, 0.2) is 242 Å². The van der Waals surface area contributed by atoms with Gasteiger partial charge in [0.2, 0.25) is 5.69 Å². The maximum atomic E-state index is 12.5. The van der Waals surface area contributed by atoms with E-state index < -0.39 is 11.7 Å². The van der Waals surface area contributed by atoms with E-state index >= 15 is 0 Å². The number of hydrogen-bond acceptors (Lipinski definition) is 8. The van der Waals surface area contributed by atoms with Gasteiger partial charge in [-0.05, 0) is 137 Å². The molecule has 1 aliphatic heterocycles. The van der Waals surface area contributed by atoms with Gasteiger partial charge in [-0.15, -0.1) is 29.8 Å². The number of anilines is 3. The number of ketones is 1. The van der Waals surface area contributed by atoms with E-state index in [9.17, 15) is 28.2 Å². The number of aliphatic hydroxyl groups excluding tert-OH is 1. The van der Waals surface area contributed by atoms with Gasteiger partial charge in [-0.3, -0.25) is 9.78 Å². The molecule has 481 valence electrons. The Morgan fingerprint density at radius 2 is 0.989 bits per heavy atom.